The van der Waals surface area contributed by atoms with Gasteiger partial charge in [0.05, 0.1) is 0 Å². The molecule has 0 aromatic rings. The van der Waals surface area contributed by atoms with E-state index >= 15 is 0 Å². The third kappa shape index (κ3) is 5.23. The Morgan fingerprint density at radius 3 is 2.41 bits per heavy atom. The predicted octanol–water partition coefficient (Wildman–Crippen LogP) is 1.59. The van der Waals surface area contributed by atoms with E-state index in [1.54, 1.807) is 0 Å². The number of hydrogen-bond acceptors (Lipinski definition) is 3. The molecule has 2 rings (SSSR count). The smallest absolute Gasteiger partial charge is 0.191 e. The van der Waals surface area contributed by atoms with E-state index in [9.17, 15) is 0 Å². The van der Waals surface area contributed by atoms with Gasteiger partial charge in [0.1, 0.15) is 0 Å². The van der Waals surface area contributed by atoms with E-state index in [2.05, 4.69) is 60.3 Å². The number of halogens is 1. The van der Waals surface area contributed by atoms with Crippen LogP contribution in [0.1, 0.15) is 33.6 Å². The molecule has 2 aliphatic rings. The Balaban J connectivity index is 0.00000242. The van der Waals surface area contributed by atoms with Gasteiger partial charge in [-0.1, -0.05) is 6.92 Å². The second-order valence-corrected chi connectivity index (χ2v) is 7.55. The van der Waals surface area contributed by atoms with Crippen molar-refractivity contribution in [1.82, 2.24) is 20.4 Å². The lowest BCUT2D eigenvalue weighted by atomic mass is 10.0. The van der Waals surface area contributed by atoms with Crippen molar-refractivity contribution < 1.29 is 0 Å². The number of likely N-dealkylation sites (tertiary alicyclic amines) is 1. The van der Waals surface area contributed by atoms with E-state index in [1.807, 2.05) is 7.05 Å². The van der Waals surface area contributed by atoms with Crippen LogP contribution in [-0.4, -0.2) is 74.2 Å². The van der Waals surface area contributed by atoms with E-state index < -0.39 is 0 Å². The van der Waals surface area contributed by atoms with Crippen LogP contribution in [0.25, 0.3) is 0 Å². The minimum absolute atomic E-state index is 0. The molecule has 2 atom stereocenters. The highest BCUT2D eigenvalue weighted by atomic mass is 127. The van der Waals surface area contributed by atoms with Crippen molar-refractivity contribution in [2.45, 2.75) is 51.2 Å². The molecule has 2 fully saturated rings. The largest absolute Gasteiger partial charge is 0.355 e. The number of nitrogens with zero attached hydrogens (tertiary/aromatic N) is 3. The molecule has 1 saturated carbocycles. The molecule has 2 unspecified atom stereocenters. The van der Waals surface area contributed by atoms with Gasteiger partial charge in [-0.3, -0.25) is 9.89 Å². The van der Waals surface area contributed by atoms with Crippen LogP contribution in [-0.2, 0) is 0 Å². The molecule has 5 nitrogen and oxygen atoms in total. The van der Waals surface area contributed by atoms with Gasteiger partial charge in [-0.2, -0.15) is 0 Å². The Bertz CT molecular complexity index is 379. The van der Waals surface area contributed by atoms with Crippen molar-refractivity contribution in [2.24, 2.45) is 10.9 Å². The molecular formula is C16H34IN5. The van der Waals surface area contributed by atoms with Crippen LogP contribution in [0.15, 0.2) is 4.99 Å². The van der Waals surface area contributed by atoms with Gasteiger partial charge in [0.15, 0.2) is 5.96 Å². The SMILES string of the molecule is CN=C(NCC(C)(C)N(C)C)NC1CN(C2CC2)CC1C.I. The van der Waals surface area contributed by atoms with Crippen LogP contribution >= 0.6 is 24.0 Å². The summed E-state index contributed by atoms with van der Waals surface area (Å²) in [5.41, 5.74) is 0.110. The van der Waals surface area contributed by atoms with Gasteiger partial charge in [-0.25, -0.2) is 0 Å². The molecule has 6 heteroatoms. The molecule has 130 valence electrons. The molecule has 1 aliphatic carbocycles. The summed E-state index contributed by atoms with van der Waals surface area (Å²) in [7, 11) is 6.09. The summed E-state index contributed by atoms with van der Waals surface area (Å²) >= 11 is 0. The maximum atomic E-state index is 4.39. The number of rotatable bonds is 5. The molecule has 0 amide bonds. The van der Waals surface area contributed by atoms with Crippen molar-refractivity contribution in [2.75, 3.05) is 40.8 Å². The lowest BCUT2D eigenvalue weighted by Crippen LogP contribution is -2.53. The number of likely N-dealkylation sites (N-methyl/N-ethyl adjacent to an activating group) is 1. The lowest BCUT2D eigenvalue weighted by Gasteiger charge is -2.33. The third-order valence-corrected chi connectivity index (χ3v) is 5.15. The van der Waals surface area contributed by atoms with Crippen molar-refractivity contribution in [3.05, 3.63) is 0 Å². The first kappa shape index (κ1) is 20.0. The number of guanidine groups is 1. The monoisotopic (exact) mass is 423 g/mol. The van der Waals surface area contributed by atoms with Crippen molar-refractivity contribution >= 4 is 29.9 Å². The molecule has 1 aliphatic heterocycles. The second kappa shape index (κ2) is 8.15. The van der Waals surface area contributed by atoms with Gasteiger partial charge >= 0.3 is 0 Å². The second-order valence-electron chi connectivity index (χ2n) is 7.55. The average molecular weight is 423 g/mol. The number of hydrogen-bond donors (Lipinski definition) is 2. The normalized spacial score (nSPS) is 27.0. The number of aliphatic imine (C=N–C) groups is 1. The molecule has 0 radical (unpaired) electrons. The molecule has 2 N–H and O–H groups in total. The molecular weight excluding hydrogens is 389 g/mol. The van der Waals surface area contributed by atoms with Crippen LogP contribution in [0, 0.1) is 5.92 Å². The standard InChI is InChI=1S/C16H33N5.HI/c1-12-9-21(13-7-8-13)10-14(12)19-15(17-4)18-11-16(2,3)20(5)6;/h12-14H,7-11H2,1-6H3,(H2,17,18,19);1H. The summed E-state index contributed by atoms with van der Waals surface area (Å²) in [5, 5.41) is 7.10. The van der Waals surface area contributed by atoms with E-state index in [0.717, 1.165) is 25.1 Å². The first-order chi connectivity index (χ1) is 9.83. The highest BCUT2D eigenvalue weighted by molar-refractivity contribution is 14.0. The summed E-state index contributed by atoms with van der Waals surface area (Å²) in [6, 6.07) is 1.38. The van der Waals surface area contributed by atoms with Crippen LogP contribution in [0.2, 0.25) is 0 Å². The Morgan fingerprint density at radius 1 is 1.27 bits per heavy atom. The van der Waals surface area contributed by atoms with Crippen molar-refractivity contribution in [1.29, 1.82) is 0 Å². The number of nitrogens with one attached hydrogen (secondary N) is 2. The molecule has 1 saturated heterocycles. The Hall–Kier alpha value is -0.0800. The van der Waals surface area contributed by atoms with E-state index in [-0.39, 0.29) is 29.5 Å². The summed E-state index contributed by atoms with van der Waals surface area (Å²) in [4.78, 5) is 9.27. The lowest BCUT2D eigenvalue weighted by molar-refractivity contribution is 0.197. The highest BCUT2D eigenvalue weighted by Crippen LogP contribution is 2.31. The Morgan fingerprint density at radius 2 is 1.91 bits per heavy atom. The predicted molar refractivity (Wildman–Crippen MR) is 105 cm³/mol. The van der Waals surface area contributed by atoms with Gasteiger partial charge in [-0.05, 0) is 46.7 Å². The Kier molecular flexibility index (Phi) is 7.39. The van der Waals surface area contributed by atoms with E-state index in [1.165, 1.54) is 19.4 Å². The van der Waals surface area contributed by atoms with Crippen LogP contribution in [0.5, 0.6) is 0 Å². The average Bonchev–Trinajstić information content (AvgIpc) is 3.20. The van der Waals surface area contributed by atoms with E-state index in [0.29, 0.717) is 12.0 Å². The Labute approximate surface area is 153 Å². The van der Waals surface area contributed by atoms with Gasteiger partial charge in [0, 0.05) is 44.3 Å². The van der Waals surface area contributed by atoms with Gasteiger partial charge < -0.3 is 15.5 Å². The molecule has 0 aromatic heterocycles. The zero-order valence-electron chi connectivity index (χ0n) is 15.0. The maximum absolute atomic E-state index is 4.39. The highest BCUT2D eigenvalue weighted by Gasteiger charge is 2.38. The van der Waals surface area contributed by atoms with Crippen molar-refractivity contribution in [3.8, 4) is 0 Å². The quantitative estimate of drug-likeness (QED) is 0.401. The summed E-state index contributed by atoms with van der Waals surface area (Å²) < 4.78 is 0. The molecule has 0 bridgehead atoms. The first-order valence-electron chi connectivity index (χ1n) is 8.22. The van der Waals surface area contributed by atoms with Crippen molar-refractivity contribution in [3.63, 3.8) is 0 Å². The van der Waals surface area contributed by atoms with Crippen LogP contribution in [0.4, 0.5) is 0 Å². The summed E-state index contributed by atoms with van der Waals surface area (Å²) in [5.74, 6) is 1.62. The fraction of sp³-hybridized carbons (Fsp3) is 0.938. The summed E-state index contributed by atoms with van der Waals surface area (Å²) in [6.45, 7) is 10.1. The molecule has 22 heavy (non-hydrogen) atoms. The summed E-state index contributed by atoms with van der Waals surface area (Å²) in [6.07, 6.45) is 2.78. The fourth-order valence-corrected chi connectivity index (χ4v) is 2.76. The van der Waals surface area contributed by atoms with Crippen LogP contribution < -0.4 is 10.6 Å². The molecule has 1 heterocycles. The van der Waals surface area contributed by atoms with E-state index in [4.69, 9.17) is 0 Å². The van der Waals surface area contributed by atoms with Crippen LogP contribution in [0.3, 0.4) is 0 Å². The fourth-order valence-electron chi connectivity index (χ4n) is 2.76. The zero-order chi connectivity index (χ0) is 15.6. The van der Waals surface area contributed by atoms with Gasteiger partial charge in [-0.15, -0.1) is 24.0 Å². The van der Waals surface area contributed by atoms with Gasteiger partial charge in [0.2, 0.25) is 0 Å². The topological polar surface area (TPSA) is 42.9 Å². The third-order valence-electron chi connectivity index (χ3n) is 5.15. The molecule has 0 aromatic carbocycles. The minimum atomic E-state index is 0. The minimum Gasteiger partial charge on any atom is -0.355 e. The molecule has 0 spiro atoms. The zero-order valence-corrected chi connectivity index (χ0v) is 17.3. The van der Waals surface area contributed by atoms with Gasteiger partial charge in [0.25, 0.3) is 0 Å². The first-order valence-corrected chi connectivity index (χ1v) is 8.22. The maximum Gasteiger partial charge on any atom is 0.191 e.